The number of aromatic hydroxyl groups is 1. The maximum atomic E-state index is 12.8. The van der Waals surface area contributed by atoms with Crippen molar-refractivity contribution < 1.29 is 15.0 Å². The zero-order valence-electron chi connectivity index (χ0n) is 11.7. The quantitative estimate of drug-likeness (QED) is 0.807. The van der Waals surface area contributed by atoms with Crippen molar-refractivity contribution in [2.75, 3.05) is 13.1 Å². The molecule has 2 fully saturated rings. The molecule has 0 spiro atoms. The molecule has 0 amide bonds. The standard InChI is InChI=1S/C16H21NO3/c1-10-4-2-6-12(18)14(10)16(20)15-11-5-3-8-17(11)9-7-13(15)19/h2,4,6,11,13,15,18-19H,3,5,7-9H2,1H3/t11-,13+,15-/m1/s1. The molecule has 4 nitrogen and oxygen atoms in total. The number of aliphatic hydroxyl groups is 1. The Morgan fingerprint density at radius 1 is 1.30 bits per heavy atom. The summed E-state index contributed by atoms with van der Waals surface area (Å²) in [4.78, 5) is 15.2. The topological polar surface area (TPSA) is 60.8 Å². The van der Waals surface area contributed by atoms with Gasteiger partial charge in [0.05, 0.1) is 17.6 Å². The molecular weight excluding hydrogens is 254 g/mol. The van der Waals surface area contributed by atoms with Crippen molar-refractivity contribution in [3.05, 3.63) is 29.3 Å². The molecule has 2 heterocycles. The molecule has 108 valence electrons. The summed E-state index contributed by atoms with van der Waals surface area (Å²) in [6.07, 6.45) is 2.08. The number of nitrogens with zero attached hydrogens (tertiary/aromatic N) is 1. The molecule has 2 aliphatic heterocycles. The van der Waals surface area contributed by atoms with Crippen molar-refractivity contribution in [1.29, 1.82) is 0 Å². The lowest BCUT2D eigenvalue weighted by Gasteiger charge is -2.39. The summed E-state index contributed by atoms with van der Waals surface area (Å²) >= 11 is 0. The molecule has 4 heteroatoms. The van der Waals surface area contributed by atoms with Gasteiger partial charge in [0.2, 0.25) is 0 Å². The van der Waals surface area contributed by atoms with Crippen LogP contribution in [0.15, 0.2) is 18.2 Å². The van der Waals surface area contributed by atoms with Crippen molar-refractivity contribution in [3.8, 4) is 5.75 Å². The average Bonchev–Trinajstić information content (AvgIpc) is 2.86. The van der Waals surface area contributed by atoms with Crippen molar-refractivity contribution in [1.82, 2.24) is 4.90 Å². The van der Waals surface area contributed by atoms with E-state index in [0.717, 1.165) is 31.5 Å². The first-order chi connectivity index (χ1) is 9.59. The van der Waals surface area contributed by atoms with E-state index in [1.807, 2.05) is 13.0 Å². The molecule has 3 rings (SSSR count). The molecule has 20 heavy (non-hydrogen) atoms. The minimum absolute atomic E-state index is 0.0253. The van der Waals surface area contributed by atoms with Gasteiger partial charge in [0.1, 0.15) is 5.75 Å². The highest BCUT2D eigenvalue weighted by molar-refractivity contribution is 6.02. The van der Waals surface area contributed by atoms with Crippen LogP contribution in [-0.4, -0.2) is 46.1 Å². The number of aryl methyl sites for hydroxylation is 1. The van der Waals surface area contributed by atoms with Crippen LogP contribution in [0.4, 0.5) is 0 Å². The SMILES string of the molecule is Cc1cccc(O)c1C(=O)[C@@H]1[C@H]2CCCN2CC[C@@H]1O. The Balaban J connectivity index is 1.96. The summed E-state index contributed by atoms with van der Waals surface area (Å²) in [6, 6.07) is 5.24. The van der Waals surface area contributed by atoms with Crippen LogP contribution in [0.3, 0.4) is 0 Å². The summed E-state index contributed by atoms with van der Waals surface area (Å²) in [5, 5.41) is 20.3. The second kappa shape index (κ2) is 5.19. The van der Waals surface area contributed by atoms with Crippen molar-refractivity contribution in [3.63, 3.8) is 0 Å². The number of carbonyl (C=O) groups is 1. The Morgan fingerprint density at radius 2 is 2.10 bits per heavy atom. The molecule has 0 unspecified atom stereocenters. The number of hydrogen-bond acceptors (Lipinski definition) is 4. The second-order valence-corrected chi connectivity index (χ2v) is 5.96. The monoisotopic (exact) mass is 275 g/mol. The average molecular weight is 275 g/mol. The molecule has 0 saturated carbocycles. The number of aliphatic hydroxyl groups excluding tert-OH is 1. The van der Waals surface area contributed by atoms with Gasteiger partial charge in [-0.1, -0.05) is 12.1 Å². The largest absolute Gasteiger partial charge is 0.507 e. The lowest BCUT2D eigenvalue weighted by molar-refractivity contribution is 0.00704. The van der Waals surface area contributed by atoms with Crippen LogP contribution in [0.25, 0.3) is 0 Å². The van der Waals surface area contributed by atoms with Crippen LogP contribution >= 0.6 is 0 Å². The molecule has 2 aliphatic rings. The number of carbonyl (C=O) groups excluding carboxylic acids is 1. The summed E-state index contributed by atoms with van der Waals surface area (Å²) in [7, 11) is 0. The van der Waals surface area contributed by atoms with Gasteiger partial charge in [-0.25, -0.2) is 0 Å². The first kappa shape index (κ1) is 13.6. The fourth-order valence-electron chi connectivity index (χ4n) is 3.76. The third-order valence-corrected chi connectivity index (χ3v) is 4.76. The van der Waals surface area contributed by atoms with E-state index in [1.54, 1.807) is 12.1 Å². The zero-order valence-corrected chi connectivity index (χ0v) is 11.7. The Morgan fingerprint density at radius 3 is 2.85 bits per heavy atom. The van der Waals surface area contributed by atoms with Crippen LogP contribution in [0, 0.1) is 12.8 Å². The molecule has 0 radical (unpaired) electrons. The number of phenolic OH excluding ortho intramolecular Hbond substituents is 1. The first-order valence-electron chi connectivity index (χ1n) is 7.34. The number of piperidine rings is 1. The maximum Gasteiger partial charge on any atom is 0.174 e. The molecule has 0 aliphatic carbocycles. The van der Waals surface area contributed by atoms with Gasteiger partial charge >= 0.3 is 0 Å². The van der Waals surface area contributed by atoms with Gasteiger partial charge in [-0.3, -0.25) is 9.69 Å². The maximum absolute atomic E-state index is 12.8. The van der Waals surface area contributed by atoms with E-state index < -0.39 is 12.0 Å². The lowest BCUT2D eigenvalue weighted by atomic mass is 9.80. The van der Waals surface area contributed by atoms with Gasteiger partial charge in [0.15, 0.2) is 5.78 Å². The van der Waals surface area contributed by atoms with Gasteiger partial charge in [0.25, 0.3) is 0 Å². The molecule has 1 aromatic rings. The van der Waals surface area contributed by atoms with E-state index in [9.17, 15) is 15.0 Å². The van der Waals surface area contributed by atoms with E-state index in [1.165, 1.54) is 0 Å². The molecule has 2 saturated heterocycles. The Labute approximate surface area is 119 Å². The molecule has 3 atom stereocenters. The minimum Gasteiger partial charge on any atom is -0.507 e. The number of ketones is 1. The van der Waals surface area contributed by atoms with E-state index >= 15 is 0 Å². The molecule has 1 aromatic carbocycles. The first-order valence-corrected chi connectivity index (χ1v) is 7.34. The highest BCUT2D eigenvalue weighted by Crippen LogP contribution is 2.36. The summed E-state index contributed by atoms with van der Waals surface area (Å²) in [6.45, 7) is 3.71. The Kier molecular flexibility index (Phi) is 3.52. The van der Waals surface area contributed by atoms with Crippen molar-refractivity contribution in [2.24, 2.45) is 5.92 Å². The summed E-state index contributed by atoms with van der Waals surface area (Å²) < 4.78 is 0. The highest BCUT2D eigenvalue weighted by atomic mass is 16.3. The normalized spacial score (nSPS) is 30.2. The number of hydrogen-bond donors (Lipinski definition) is 2. The number of phenols is 1. The molecule has 2 N–H and O–H groups in total. The number of benzene rings is 1. The predicted molar refractivity (Wildman–Crippen MR) is 75.9 cm³/mol. The number of Topliss-reactive ketones (excluding diaryl/α,β-unsaturated/α-hetero) is 1. The third-order valence-electron chi connectivity index (χ3n) is 4.76. The third kappa shape index (κ3) is 2.13. The molecule has 0 aromatic heterocycles. The van der Waals surface area contributed by atoms with Crippen LogP contribution in [0.2, 0.25) is 0 Å². The summed E-state index contributed by atoms with van der Waals surface area (Å²) in [5.41, 5.74) is 1.16. The second-order valence-electron chi connectivity index (χ2n) is 5.96. The predicted octanol–water partition coefficient (Wildman–Crippen LogP) is 1.73. The van der Waals surface area contributed by atoms with E-state index in [-0.39, 0.29) is 17.6 Å². The Bertz CT molecular complexity index is 508. The lowest BCUT2D eigenvalue weighted by Crippen LogP contribution is -2.51. The van der Waals surface area contributed by atoms with Crippen LogP contribution in [0.1, 0.15) is 35.2 Å². The Hall–Kier alpha value is -1.39. The summed E-state index contributed by atoms with van der Waals surface area (Å²) in [5.74, 6) is -0.486. The zero-order chi connectivity index (χ0) is 14.3. The van der Waals surface area contributed by atoms with Gasteiger partial charge in [0, 0.05) is 12.6 Å². The highest BCUT2D eigenvalue weighted by Gasteiger charge is 2.44. The van der Waals surface area contributed by atoms with Crippen LogP contribution in [0.5, 0.6) is 5.75 Å². The number of fused-ring (bicyclic) bond motifs is 1. The fraction of sp³-hybridized carbons (Fsp3) is 0.562. The fourth-order valence-corrected chi connectivity index (χ4v) is 3.76. The number of rotatable bonds is 2. The smallest absolute Gasteiger partial charge is 0.174 e. The minimum atomic E-state index is -0.596. The molecular formula is C16H21NO3. The van der Waals surface area contributed by atoms with Crippen LogP contribution in [-0.2, 0) is 0 Å². The van der Waals surface area contributed by atoms with Gasteiger partial charge in [-0.05, 0) is 44.4 Å². The van der Waals surface area contributed by atoms with E-state index in [0.29, 0.717) is 12.0 Å². The van der Waals surface area contributed by atoms with Crippen LogP contribution < -0.4 is 0 Å². The van der Waals surface area contributed by atoms with E-state index in [2.05, 4.69) is 4.90 Å². The van der Waals surface area contributed by atoms with E-state index in [4.69, 9.17) is 0 Å². The van der Waals surface area contributed by atoms with Gasteiger partial charge < -0.3 is 10.2 Å². The van der Waals surface area contributed by atoms with Crippen molar-refractivity contribution in [2.45, 2.75) is 38.3 Å². The molecule has 0 bridgehead atoms. The van der Waals surface area contributed by atoms with Gasteiger partial charge in [-0.2, -0.15) is 0 Å². The van der Waals surface area contributed by atoms with Crippen molar-refractivity contribution >= 4 is 5.78 Å². The van der Waals surface area contributed by atoms with Gasteiger partial charge in [-0.15, -0.1) is 0 Å².